The molecule has 0 aromatic carbocycles. The fourth-order valence-electron chi connectivity index (χ4n) is 4.39. The summed E-state index contributed by atoms with van der Waals surface area (Å²) in [5.74, 6) is 2.01. The van der Waals surface area contributed by atoms with Crippen LogP contribution in [0.25, 0.3) is 11.0 Å². The van der Waals surface area contributed by atoms with Gasteiger partial charge in [-0.1, -0.05) is 0 Å². The van der Waals surface area contributed by atoms with Gasteiger partial charge in [0.1, 0.15) is 24.1 Å². The maximum atomic E-state index is 10.5. The van der Waals surface area contributed by atoms with Crippen LogP contribution >= 0.6 is 0 Å². The second kappa shape index (κ2) is 5.31. The van der Waals surface area contributed by atoms with Gasteiger partial charge in [-0.05, 0) is 36.8 Å². The first-order valence-electron chi connectivity index (χ1n) is 8.39. The molecule has 1 saturated heterocycles. The van der Waals surface area contributed by atoms with Crippen molar-refractivity contribution in [3.05, 3.63) is 37.2 Å². The van der Waals surface area contributed by atoms with Crippen molar-refractivity contribution in [3.63, 3.8) is 0 Å². The Balaban J connectivity index is 1.41. The molecule has 2 aliphatic rings. The second-order valence-corrected chi connectivity index (χ2v) is 6.87. The molecule has 4 atom stereocenters. The van der Waals surface area contributed by atoms with Gasteiger partial charge in [0.05, 0.1) is 23.8 Å². The summed E-state index contributed by atoms with van der Waals surface area (Å²) in [5.41, 5.74) is 0.871. The molecule has 1 aliphatic carbocycles. The van der Waals surface area contributed by atoms with Crippen molar-refractivity contribution < 1.29 is 9.52 Å². The summed E-state index contributed by atoms with van der Waals surface area (Å²) in [6, 6.07) is 3.89. The van der Waals surface area contributed by atoms with E-state index in [9.17, 15) is 5.11 Å². The molecule has 7 heteroatoms. The summed E-state index contributed by atoms with van der Waals surface area (Å²) in [6.45, 7) is 1.89. The van der Waals surface area contributed by atoms with Gasteiger partial charge in [-0.25, -0.2) is 14.6 Å². The van der Waals surface area contributed by atoms with Crippen molar-refractivity contribution in [2.75, 3.05) is 18.0 Å². The number of fused-ring (bicyclic) bond motifs is 2. The van der Waals surface area contributed by atoms with E-state index in [1.165, 1.54) is 6.33 Å². The Hall–Kier alpha value is -2.41. The number of furan rings is 1. The molecule has 2 fully saturated rings. The molecule has 0 spiro atoms. The van der Waals surface area contributed by atoms with Crippen molar-refractivity contribution in [3.8, 4) is 0 Å². The molecule has 24 heavy (non-hydrogen) atoms. The first kappa shape index (κ1) is 14.0. The predicted molar refractivity (Wildman–Crippen MR) is 87.5 cm³/mol. The SMILES string of the molecule is O[C@@H]1C[C@H]2CN(c3nccc4occc34)C[C@H]2C[C@H]1n1cncn1. The number of aliphatic hydroxyl groups is 1. The standard InChI is InChI=1S/C17H19N5O2/c23-15-6-12-8-21(17-13-2-4-24-16(13)1-3-19-17)7-11(12)5-14(15)22-10-18-9-20-22/h1-4,9-12,14-15,23H,5-8H2/t11-,12+,14-,15-/m1/s1. The van der Waals surface area contributed by atoms with Crippen molar-refractivity contribution in [2.24, 2.45) is 11.8 Å². The topological polar surface area (TPSA) is 80.2 Å². The van der Waals surface area contributed by atoms with E-state index >= 15 is 0 Å². The molecule has 1 saturated carbocycles. The fourth-order valence-corrected chi connectivity index (χ4v) is 4.39. The minimum absolute atomic E-state index is 0.0198. The molecule has 3 aromatic rings. The minimum Gasteiger partial charge on any atom is -0.464 e. The van der Waals surface area contributed by atoms with Gasteiger partial charge in [-0.3, -0.25) is 0 Å². The number of hydrogen-bond acceptors (Lipinski definition) is 6. The van der Waals surface area contributed by atoms with E-state index in [4.69, 9.17) is 4.42 Å². The van der Waals surface area contributed by atoms with Crippen LogP contribution in [0.2, 0.25) is 0 Å². The number of aromatic nitrogens is 4. The highest BCUT2D eigenvalue weighted by Crippen LogP contribution is 2.42. The van der Waals surface area contributed by atoms with Gasteiger partial charge in [0.2, 0.25) is 0 Å². The zero-order valence-corrected chi connectivity index (χ0v) is 13.2. The van der Waals surface area contributed by atoms with Crippen LogP contribution in [0, 0.1) is 11.8 Å². The molecule has 5 rings (SSSR count). The van der Waals surface area contributed by atoms with Crippen molar-refractivity contribution in [1.29, 1.82) is 0 Å². The minimum atomic E-state index is -0.370. The number of anilines is 1. The van der Waals surface area contributed by atoms with Crippen molar-refractivity contribution in [2.45, 2.75) is 25.0 Å². The average Bonchev–Trinajstić information content (AvgIpc) is 3.32. The number of aliphatic hydroxyl groups excluding tert-OH is 1. The zero-order chi connectivity index (χ0) is 16.1. The van der Waals surface area contributed by atoms with Crippen LogP contribution in [0.1, 0.15) is 18.9 Å². The summed E-state index contributed by atoms with van der Waals surface area (Å²) in [4.78, 5) is 10.9. The van der Waals surface area contributed by atoms with Crippen LogP contribution in [-0.4, -0.2) is 44.0 Å². The zero-order valence-electron chi connectivity index (χ0n) is 13.2. The molecule has 0 bridgehead atoms. The Morgan fingerprint density at radius 1 is 1.17 bits per heavy atom. The van der Waals surface area contributed by atoms with Gasteiger partial charge < -0.3 is 14.4 Å². The predicted octanol–water partition coefficient (Wildman–Crippen LogP) is 1.87. The number of nitrogens with zero attached hydrogens (tertiary/aromatic N) is 5. The summed E-state index contributed by atoms with van der Waals surface area (Å²) in [5, 5.41) is 15.8. The Morgan fingerprint density at radius 3 is 2.88 bits per heavy atom. The van der Waals surface area contributed by atoms with Crippen LogP contribution in [0.3, 0.4) is 0 Å². The normalized spacial score (nSPS) is 30.0. The molecule has 0 amide bonds. The maximum Gasteiger partial charge on any atom is 0.139 e. The van der Waals surface area contributed by atoms with Gasteiger partial charge in [0.25, 0.3) is 0 Å². The van der Waals surface area contributed by atoms with Gasteiger partial charge in [0.15, 0.2) is 0 Å². The highest BCUT2D eigenvalue weighted by atomic mass is 16.3. The van der Waals surface area contributed by atoms with E-state index in [-0.39, 0.29) is 12.1 Å². The second-order valence-electron chi connectivity index (χ2n) is 6.87. The molecule has 1 aliphatic heterocycles. The number of hydrogen-bond donors (Lipinski definition) is 1. The van der Waals surface area contributed by atoms with Crippen LogP contribution in [0.5, 0.6) is 0 Å². The van der Waals surface area contributed by atoms with Crippen molar-refractivity contribution in [1.82, 2.24) is 19.7 Å². The third kappa shape index (κ3) is 2.11. The lowest BCUT2D eigenvalue weighted by molar-refractivity contribution is 0.0305. The van der Waals surface area contributed by atoms with Gasteiger partial charge in [-0.2, -0.15) is 5.10 Å². The fraction of sp³-hybridized carbons (Fsp3) is 0.471. The lowest BCUT2D eigenvalue weighted by Crippen LogP contribution is -2.36. The van der Waals surface area contributed by atoms with Crippen LogP contribution in [0.15, 0.2) is 41.7 Å². The molecule has 0 radical (unpaired) electrons. The first-order valence-corrected chi connectivity index (χ1v) is 8.39. The first-order chi connectivity index (χ1) is 11.8. The lowest BCUT2D eigenvalue weighted by Gasteiger charge is -2.34. The molecular formula is C17H19N5O2. The monoisotopic (exact) mass is 325 g/mol. The quantitative estimate of drug-likeness (QED) is 0.775. The molecular weight excluding hydrogens is 306 g/mol. The Labute approximate surface area is 138 Å². The maximum absolute atomic E-state index is 10.5. The van der Waals surface area contributed by atoms with E-state index in [0.29, 0.717) is 11.8 Å². The Kier molecular flexibility index (Phi) is 3.09. The Bertz CT molecular complexity index is 846. The molecule has 124 valence electrons. The van der Waals surface area contributed by atoms with Crippen LogP contribution in [-0.2, 0) is 0 Å². The molecule has 1 N–H and O–H groups in total. The van der Waals surface area contributed by atoms with Crippen molar-refractivity contribution >= 4 is 16.8 Å². The van der Waals surface area contributed by atoms with Crippen LogP contribution in [0.4, 0.5) is 5.82 Å². The van der Waals surface area contributed by atoms with E-state index in [1.54, 1.807) is 23.5 Å². The highest BCUT2D eigenvalue weighted by Gasteiger charge is 2.43. The van der Waals surface area contributed by atoms with Gasteiger partial charge >= 0.3 is 0 Å². The largest absolute Gasteiger partial charge is 0.464 e. The third-order valence-electron chi connectivity index (χ3n) is 5.54. The number of pyridine rings is 1. The molecule has 7 nitrogen and oxygen atoms in total. The Morgan fingerprint density at radius 2 is 2.04 bits per heavy atom. The molecule has 4 heterocycles. The number of rotatable bonds is 2. The van der Waals surface area contributed by atoms with E-state index < -0.39 is 0 Å². The summed E-state index contributed by atoms with van der Waals surface area (Å²) < 4.78 is 7.30. The van der Waals surface area contributed by atoms with E-state index in [2.05, 4.69) is 20.0 Å². The lowest BCUT2D eigenvalue weighted by atomic mass is 9.77. The highest BCUT2D eigenvalue weighted by molar-refractivity contribution is 5.88. The summed E-state index contributed by atoms with van der Waals surface area (Å²) in [7, 11) is 0. The van der Waals surface area contributed by atoms with Gasteiger partial charge in [-0.15, -0.1) is 0 Å². The molecule has 0 unspecified atom stereocenters. The third-order valence-corrected chi connectivity index (χ3v) is 5.54. The van der Waals surface area contributed by atoms with Crippen LogP contribution < -0.4 is 4.90 Å². The average molecular weight is 325 g/mol. The van der Waals surface area contributed by atoms with Gasteiger partial charge in [0, 0.05) is 19.3 Å². The van der Waals surface area contributed by atoms with E-state index in [1.807, 2.05) is 12.1 Å². The molecule has 3 aromatic heterocycles. The summed E-state index contributed by atoms with van der Waals surface area (Å²) >= 11 is 0. The smallest absolute Gasteiger partial charge is 0.139 e. The van der Waals surface area contributed by atoms with E-state index in [0.717, 1.165) is 42.7 Å². The summed E-state index contributed by atoms with van der Waals surface area (Å²) in [6.07, 6.45) is 8.10.